The van der Waals surface area contributed by atoms with Gasteiger partial charge in [0.15, 0.2) is 23.2 Å². The Kier molecular flexibility index (Phi) is 4.72. The molecule has 10 heteroatoms. The minimum absolute atomic E-state index is 0.0130. The highest BCUT2D eigenvalue weighted by molar-refractivity contribution is 6.15. The molecule has 3 heterocycles. The van der Waals surface area contributed by atoms with Crippen LogP contribution >= 0.6 is 0 Å². The summed E-state index contributed by atoms with van der Waals surface area (Å²) in [7, 11) is 3.44. The fourth-order valence-corrected chi connectivity index (χ4v) is 3.83. The van der Waals surface area contributed by atoms with Gasteiger partial charge in [-0.3, -0.25) is 14.5 Å². The van der Waals surface area contributed by atoms with Crippen molar-refractivity contribution in [1.82, 2.24) is 25.1 Å². The summed E-state index contributed by atoms with van der Waals surface area (Å²) in [5.74, 6) is 2.53. The maximum absolute atomic E-state index is 12.3. The van der Waals surface area contributed by atoms with Crippen molar-refractivity contribution in [1.29, 1.82) is 0 Å². The first kappa shape index (κ1) is 20.2. The lowest BCUT2D eigenvalue weighted by Gasteiger charge is -2.25. The van der Waals surface area contributed by atoms with Gasteiger partial charge in [0.25, 0.3) is 0 Å². The lowest BCUT2D eigenvalue weighted by molar-refractivity contribution is -0.120. The van der Waals surface area contributed by atoms with E-state index in [2.05, 4.69) is 39.7 Å². The van der Waals surface area contributed by atoms with Gasteiger partial charge in [-0.1, -0.05) is 6.07 Å². The average Bonchev–Trinajstić information content (AvgIpc) is 3.43. The highest BCUT2D eigenvalue weighted by Gasteiger charge is 2.37. The van der Waals surface area contributed by atoms with Crippen molar-refractivity contribution in [2.75, 3.05) is 19.0 Å². The van der Waals surface area contributed by atoms with Gasteiger partial charge in [0, 0.05) is 19.0 Å². The average molecular weight is 435 g/mol. The van der Waals surface area contributed by atoms with Crippen molar-refractivity contribution in [3.05, 3.63) is 36.3 Å². The number of fused-ring (bicyclic) bond motifs is 1. The van der Waals surface area contributed by atoms with Crippen LogP contribution in [0.4, 0.5) is 5.69 Å². The van der Waals surface area contributed by atoms with Crippen molar-refractivity contribution in [3.8, 4) is 17.1 Å². The van der Waals surface area contributed by atoms with Gasteiger partial charge in [-0.2, -0.15) is 10.2 Å². The molecule has 0 radical (unpaired) electrons. The van der Waals surface area contributed by atoms with Gasteiger partial charge in [0.2, 0.25) is 5.91 Å². The number of rotatable bonds is 5. The Morgan fingerprint density at radius 3 is 2.78 bits per heavy atom. The number of aryl methyl sites for hydroxylation is 1. The fraction of sp³-hybridized carbons (Fsp3) is 0.409. The van der Waals surface area contributed by atoms with E-state index in [1.807, 2.05) is 36.3 Å². The predicted molar refractivity (Wildman–Crippen MR) is 121 cm³/mol. The molecule has 0 spiro atoms. The van der Waals surface area contributed by atoms with Crippen LogP contribution in [0.25, 0.3) is 11.4 Å². The second-order valence-corrected chi connectivity index (χ2v) is 8.87. The van der Waals surface area contributed by atoms with E-state index in [4.69, 9.17) is 9.73 Å². The van der Waals surface area contributed by atoms with Crippen LogP contribution in [-0.4, -0.2) is 56.5 Å². The molecule has 2 aliphatic heterocycles. The van der Waals surface area contributed by atoms with Crippen LogP contribution in [-0.2, 0) is 11.8 Å². The van der Waals surface area contributed by atoms with Crippen molar-refractivity contribution < 1.29 is 9.53 Å². The van der Waals surface area contributed by atoms with Crippen LogP contribution in [0.5, 0.6) is 5.75 Å². The first-order chi connectivity index (χ1) is 15.3. The topological polar surface area (TPSA) is 109 Å². The normalized spacial score (nSPS) is 19.0. The highest BCUT2D eigenvalue weighted by Crippen LogP contribution is 2.36. The first-order valence-corrected chi connectivity index (χ1v) is 10.6. The van der Waals surface area contributed by atoms with Crippen molar-refractivity contribution >= 4 is 23.3 Å². The van der Waals surface area contributed by atoms with Gasteiger partial charge in [-0.15, -0.1) is 0 Å². The number of amidine groups is 2. The molecule has 0 atom stereocenters. The largest absolute Gasteiger partial charge is 0.494 e. The number of hydrogen-bond donors (Lipinski definition) is 2. The van der Waals surface area contributed by atoms with Crippen molar-refractivity contribution in [2.24, 2.45) is 23.1 Å². The van der Waals surface area contributed by atoms with Crippen LogP contribution in [0.3, 0.4) is 0 Å². The number of aromatic nitrogens is 3. The van der Waals surface area contributed by atoms with Crippen molar-refractivity contribution in [3.63, 3.8) is 0 Å². The number of carbonyl (C=O) groups excluding carboxylic acids is 1. The molecule has 2 N–H and O–H groups in total. The molecule has 1 fully saturated rings. The number of nitrogens with one attached hydrogen (secondary N) is 2. The van der Waals surface area contributed by atoms with Crippen LogP contribution in [0.15, 0.2) is 46.4 Å². The Morgan fingerprint density at radius 2 is 2.09 bits per heavy atom. The van der Waals surface area contributed by atoms with Crippen LogP contribution in [0.1, 0.15) is 26.7 Å². The number of methoxy groups -OCH3 is 1. The summed E-state index contributed by atoms with van der Waals surface area (Å²) in [5, 5.41) is 17.2. The monoisotopic (exact) mass is 434 g/mol. The molecule has 1 aromatic heterocycles. The van der Waals surface area contributed by atoms with Gasteiger partial charge in [-0.25, -0.2) is 9.99 Å². The Bertz CT molecular complexity index is 1170. The molecule has 0 saturated heterocycles. The third-order valence-corrected chi connectivity index (χ3v) is 5.47. The van der Waals surface area contributed by atoms with Gasteiger partial charge in [0.05, 0.1) is 36.1 Å². The number of para-hydroxylation sites is 1. The minimum Gasteiger partial charge on any atom is -0.494 e. The SMILES string of the molecule is COc1c(NC2=CC(NC(=O)C3CC3)=NN3CC(C)(C)N=C23)cccc1-c1ncn(C)n1. The summed E-state index contributed by atoms with van der Waals surface area (Å²) < 4.78 is 7.38. The van der Waals surface area contributed by atoms with Crippen LogP contribution < -0.4 is 15.4 Å². The molecular formula is C22H26N8O2. The minimum atomic E-state index is -0.292. The Balaban J connectivity index is 1.50. The first-order valence-electron chi connectivity index (χ1n) is 10.6. The predicted octanol–water partition coefficient (Wildman–Crippen LogP) is 2.13. The number of nitrogens with zero attached hydrogens (tertiary/aromatic N) is 6. The Morgan fingerprint density at radius 1 is 1.28 bits per heavy atom. The molecule has 5 rings (SSSR count). The summed E-state index contributed by atoms with van der Waals surface area (Å²) in [4.78, 5) is 21.5. The van der Waals surface area contributed by atoms with E-state index in [1.165, 1.54) is 0 Å². The molecule has 1 aromatic carbocycles. The molecule has 3 aliphatic rings. The maximum atomic E-state index is 12.3. The number of hydrazone groups is 1. The lowest BCUT2D eigenvalue weighted by atomic mass is 10.1. The van der Waals surface area contributed by atoms with E-state index in [0.29, 0.717) is 24.0 Å². The number of anilines is 1. The molecule has 10 nitrogen and oxygen atoms in total. The molecule has 2 aromatic rings. The molecular weight excluding hydrogens is 408 g/mol. The lowest BCUT2D eigenvalue weighted by Crippen LogP contribution is -2.40. The van der Waals surface area contributed by atoms with Gasteiger partial charge >= 0.3 is 0 Å². The zero-order chi connectivity index (χ0) is 22.5. The number of hydrogen-bond acceptors (Lipinski definition) is 8. The molecule has 0 bridgehead atoms. The number of benzene rings is 1. The summed E-state index contributed by atoms with van der Waals surface area (Å²) in [6.45, 7) is 4.74. The second kappa shape index (κ2) is 7.47. The van der Waals surface area contributed by atoms with E-state index < -0.39 is 0 Å². The Hall–Kier alpha value is -3.69. The fourth-order valence-electron chi connectivity index (χ4n) is 3.83. The number of ether oxygens (including phenoxy) is 1. The van der Waals surface area contributed by atoms with Crippen LogP contribution in [0, 0.1) is 5.92 Å². The third-order valence-electron chi connectivity index (χ3n) is 5.47. The number of amides is 1. The summed E-state index contributed by atoms with van der Waals surface area (Å²) in [6, 6.07) is 5.76. The van der Waals surface area contributed by atoms with E-state index in [1.54, 1.807) is 18.1 Å². The van der Waals surface area contributed by atoms with E-state index in [0.717, 1.165) is 35.6 Å². The van der Waals surface area contributed by atoms with E-state index >= 15 is 0 Å². The smallest absolute Gasteiger partial charge is 0.228 e. The van der Waals surface area contributed by atoms with Gasteiger partial charge < -0.3 is 15.4 Å². The summed E-state index contributed by atoms with van der Waals surface area (Å²) in [6.07, 6.45) is 5.34. The zero-order valence-electron chi connectivity index (χ0n) is 18.6. The van der Waals surface area contributed by atoms with Crippen LogP contribution in [0.2, 0.25) is 0 Å². The zero-order valence-corrected chi connectivity index (χ0v) is 18.6. The molecule has 166 valence electrons. The van der Waals surface area contributed by atoms with Gasteiger partial charge in [-0.05, 0) is 38.8 Å². The van der Waals surface area contributed by atoms with E-state index in [9.17, 15) is 4.79 Å². The summed E-state index contributed by atoms with van der Waals surface area (Å²) >= 11 is 0. The number of carbonyl (C=O) groups is 1. The summed E-state index contributed by atoms with van der Waals surface area (Å²) in [5.41, 5.74) is 1.96. The maximum Gasteiger partial charge on any atom is 0.228 e. The highest BCUT2D eigenvalue weighted by atomic mass is 16.5. The van der Waals surface area contributed by atoms with E-state index in [-0.39, 0.29) is 17.4 Å². The Labute approximate surface area is 186 Å². The quantitative estimate of drug-likeness (QED) is 0.746. The molecule has 0 unspecified atom stereocenters. The van der Waals surface area contributed by atoms with Gasteiger partial charge in [0.1, 0.15) is 6.33 Å². The molecule has 1 saturated carbocycles. The van der Waals surface area contributed by atoms with Crippen molar-refractivity contribution in [2.45, 2.75) is 32.2 Å². The number of aliphatic imine (C=N–C) groups is 1. The standard InChI is InChI=1S/C22H26N8O2/c1-22(2)11-30-20(26-22)16(10-17(27-30)25-21(31)13-8-9-13)24-15-7-5-6-14(18(15)32-4)19-23-12-29(3)28-19/h5-7,10,12-13,24H,8-9,11H2,1-4H3,(H,25,27,31). The second-order valence-electron chi connectivity index (χ2n) is 8.87. The third kappa shape index (κ3) is 3.83. The molecule has 1 aliphatic carbocycles. The molecule has 1 amide bonds. The molecule has 32 heavy (non-hydrogen) atoms.